The Morgan fingerprint density at radius 1 is 1.33 bits per heavy atom. The van der Waals surface area contributed by atoms with Gasteiger partial charge in [-0.3, -0.25) is 13.9 Å². The highest BCUT2D eigenvalue weighted by Crippen LogP contribution is 2.44. The van der Waals surface area contributed by atoms with Crippen LogP contribution in [0.3, 0.4) is 0 Å². The number of aliphatic hydroxyl groups is 4. The number of nitrogens with two attached hydrogens (primary N) is 2. The maximum atomic E-state index is 12.7. The Morgan fingerprint density at radius 3 is 2.45 bits per heavy atom. The van der Waals surface area contributed by atoms with Gasteiger partial charge in [-0.2, -0.15) is 4.99 Å². The Kier molecular flexibility index (Phi) is 8.04. The van der Waals surface area contributed by atoms with E-state index >= 15 is 0 Å². The molecule has 3 amide bonds. The number of thioether (sulfide) groups is 1. The van der Waals surface area contributed by atoms with E-state index in [1.165, 1.54) is 19.3 Å². The Labute approximate surface area is 190 Å². The first-order valence-corrected chi connectivity index (χ1v) is 10.4. The molecule has 10 N–H and O–H groups in total. The maximum Gasteiger partial charge on any atom is 0.340 e. The molecule has 7 atom stereocenters. The summed E-state index contributed by atoms with van der Waals surface area (Å²) in [5.41, 5.74) is 7.20. The van der Waals surface area contributed by atoms with Gasteiger partial charge in [-0.1, -0.05) is 0 Å². The molecule has 1 fully saturated rings. The highest BCUT2D eigenvalue weighted by atomic mass is 32.2. The summed E-state index contributed by atoms with van der Waals surface area (Å²) >= 11 is 0.698. The molecule has 0 radical (unpaired) electrons. The summed E-state index contributed by atoms with van der Waals surface area (Å²) in [6, 6.07) is -1.24. The number of hydrogen-bond donors (Lipinski definition) is 8. The Bertz CT molecular complexity index is 1060. The minimum atomic E-state index is -2.36. The molecule has 16 heteroatoms. The SMILES string of the molecule is Cn1c(=NC(N)=O)ccn([C@@H]2S[C@H]([C@@H](O)[C@@](C)(NC(=O)[C@@H](N)CO)C(=O)O)[C@H](O)[C@H]2O)c1=O. The molecule has 0 bridgehead atoms. The smallest absolute Gasteiger partial charge is 0.340 e. The minimum absolute atomic E-state index is 0.0697. The fourth-order valence-corrected chi connectivity index (χ4v) is 4.88. The van der Waals surface area contributed by atoms with E-state index in [9.17, 15) is 39.6 Å². The Morgan fingerprint density at radius 2 is 1.94 bits per heavy atom. The number of nitrogens with one attached hydrogen (secondary N) is 1. The van der Waals surface area contributed by atoms with Crippen molar-refractivity contribution in [3.8, 4) is 0 Å². The molecular formula is C17H26N6O9S. The van der Waals surface area contributed by atoms with Gasteiger partial charge in [0.25, 0.3) is 0 Å². The van der Waals surface area contributed by atoms with Crippen LogP contribution in [0.5, 0.6) is 0 Å². The van der Waals surface area contributed by atoms with Crippen molar-refractivity contribution in [3.05, 3.63) is 28.2 Å². The lowest BCUT2D eigenvalue weighted by Crippen LogP contribution is -2.66. The fraction of sp³-hybridized carbons (Fsp3) is 0.588. The van der Waals surface area contributed by atoms with Crippen LogP contribution in [0.2, 0.25) is 0 Å². The molecular weight excluding hydrogens is 464 g/mol. The number of carboxylic acid groups (broad SMARTS) is 1. The van der Waals surface area contributed by atoms with Crippen LogP contribution in [0.1, 0.15) is 12.3 Å². The molecule has 1 aliphatic rings. The average molecular weight is 490 g/mol. The number of aromatic nitrogens is 2. The number of primary amides is 1. The molecule has 1 aliphatic heterocycles. The van der Waals surface area contributed by atoms with E-state index in [2.05, 4.69) is 4.99 Å². The van der Waals surface area contributed by atoms with Crippen LogP contribution < -0.4 is 28.0 Å². The third-order valence-corrected chi connectivity index (χ3v) is 6.91. The average Bonchev–Trinajstić information content (AvgIpc) is 3.04. The van der Waals surface area contributed by atoms with Crippen LogP contribution >= 0.6 is 11.8 Å². The van der Waals surface area contributed by atoms with E-state index < -0.39 is 70.7 Å². The first-order chi connectivity index (χ1) is 15.3. The van der Waals surface area contributed by atoms with Crippen molar-refractivity contribution in [2.75, 3.05) is 6.61 Å². The quantitative estimate of drug-likeness (QED) is 0.180. The van der Waals surface area contributed by atoms with Gasteiger partial charge >= 0.3 is 17.7 Å². The zero-order chi connectivity index (χ0) is 25.2. The zero-order valence-electron chi connectivity index (χ0n) is 17.6. The van der Waals surface area contributed by atoms with Crippen LogP contribution in [0, 0.1) is 0 Å². The number of aliphatic carboxylic acids is 1. The second-order valence-electron chi connectivity index (χ2n) is 7.58. The van der Waals surface area contributed by atoms with Gasteiger partial charge in [-0.15, -0.1) is 11.8 Å². The summed E-state index contributed by atoms with van der Waals surface area (Å²) in [6.07, 6.45) is -4.10. The van der Waals surface area contributed by atoms with Crippen molar-refractivity contribution >= 4 is 29.7 Å². The van der Waals surface area contributed by atoms with Crippen LogP contribution in [-0.4, -0.2) is 94.3 Å². The molecule has 2 heterocycles. The summed E-state index contributed by atoms with van der Waals surface area (Å²) < 4.78 is 1.97. The lowest BCUT2D eigenvalue weighted by atomic mass is 9.88. The molecule has 0 aliphatic carbocycles. The standard InChI is InChI=1S/C17H26N6O9S/c1-17(14(29)30,21-12(28)6(18)5-24)11(27)10-8(25)9(26)13(33-10)23-4-3-7(20-15(19)31)22(2)16(23)32/h3-4,6,8-11,13,24-27H,5,18H2,1-2H3,(H2,19,31)(H,21,28)(H,29,30)/t6-,8+,9+,10-,11+,13+,17+/m0/s1. The van der Waals surface area contributed by atoms with Gasteiger partial charge in [0.05, 0.1) is 18.0 Å². The first-order valence-electron chi connectivity index (χ1n) is 9.50. The third kappa shape index (κ3) is 5.10. The molecule has 1 aromatic rings. The normalized spacial score (nSPS) is 26.9. The molecule has 33 heavy (non-hydrogen) atoms. The third-order valence-electron chi connectivity index (χ3n) is 5.27. The molecule has 0 spiro atoms. The van der Waals surface area contributed by atoms with Gasteiger partial charge in [-0.25, -0.2) is 14.4 Å². The van der Waals surface area contributed by atoms with Gasteiger partial charge in [0, 0.05) is 13.2 Å². The predicted octanol–water partition coefficient (Wildman–Crippen LogP) is -4.86. The minimum Gasteiger partial charge on any atom is -0.479 e. The van der Waals surface area contributed by atoms with Gasteiger partial charge in [0.15, 0.2) is 5.54 Å². The number of carbonyl (C=O) groups excluding carboxylic acids is 2. The van der Waals surface area contributed by atoms with Gasteiger partial charge < -0.3 is 42.3 Å². The molecule has 2 rings (SSSR count). The van der Waals surface area contributed by atoms with Crippen molar-refractivity contribution in [1.82, 2.24) is 14.5 Å². The Hall–Kier alpha value is -2.76. The summed E-state index contributed by atoms with van der Waals surface area (Å²) in [4.78, 5) is 51.1. The van der Waals surface area contributed by atoms with E-state index in [1.54, 1.807) is 0 Å². The van der Waals surface area contributed by atoms with Gasteiger partial charge in [0.1, 0.15) is 29.1 Å². The van der Waals surface area contributed by atoms with Crippen LogP contribution in [0.15, 0.2) is 22.1 Å². The van der Waals surface area contributed by atoms with E-state index in [0.29, 0.717) is 11.8 Å². The highest BCUT2D eigenvalue weighted by molar-refractivity contribution is 8.00. The second kappa shape index (κ2) is 10.0. The van der Waals surface area contributed by atoms with Crippen LogP contribution in [-0.2, 0) is 16.6 Å². The summed E-state index contributed by atoms with van der Waals surface area (Å²) in [6.45, 7) is 0.193. The van der Waals surface area contributed by atoms with Crippen LogP contribution in [0.4, 0.5) is 4.79 Å². The number of carboxylic acids is 1. The monoisotopic (exact) mass is 490 g/mol. The van der Waals surface area contributed by atoms with Crippen LogP contribution in [0.25, 0.3) is 0 Å². The number of aliphatic hydroxyl groups excluding tert-OH is 4. The fourth-order valence-electron chi connectivity index (χ4n) is 3.20. The predicted molar refractivity (Wildman–Crippen MR) is 113 cm³/mol. The summed E-state index contributed by atoms with van der Waals surface area (Å²) in [7, 11) is 1.29. The first kappa shape index (κ1) is 26.5. The van der Waals surface area contributed by atoms with Gasteiger partial charge in [-0.05, 0) is 13.0 Å². The number of hydrogen-bond acceptors (Lipinski definition) is 10. The van der Waals surface area contributed by atoms with Crippen molar-refractivity contribution in [3.63, 3.8) is 0 Å². The van der Waals surface area contributed by atoms with E-state index in [4.69, 9.17) is 16.6 Å². The molecule has 0 aromatic carbocycles. The Balaban J connectivity index is 2.41. The van der Waals surface area contributed by atoms with Crippen molar-refractivity contribution in [2.45, 2.75) is 47.4 Å². The summed E-state index contributed by atoms with van der Waals surface area (Å²) in [5, 5.41) is 50.0. The molecule has 1 aromatic heterocycles. The lowest BCUT2D eigenvalue weighted by molar-refractivity contribution is -0.153. The number of urea groups is 1. The number of amides is 3. The van der Waals surface area contributed by atoms with Gasteiger partial charge in [0.2, 0.25) is 5.91 Å². The number of carbonyl (C=O) groups is 3. The second-order valence-corrected chi connectivity index (χ2v) is 8.88. The van der Waals surface area contributed by atoms with Crippen molar-refractivity contribution in [1.29, 1.82) is 0 Å². The topological polar surface area (TPSA) is 256 Å². The highest BCUT2D eigenvalue weighted by Gasteiger charge is 2.54. The number of nitrogens with zero attached hydrogens (tertiary/aromatic N) is 3. The maximum absolute atomic E-state index is 12.7. The van der Waals surface area contributed by atoms with Crippen molar-refractivity contribution < 1.29 is 39.9 Å². The molecule has 0 unspecified atom stereocenters. The summed E-state index contributed by atoms with van der Waals surface area (Å²) in [5.74, 6) is -2.73. The van der Waals surface area contributed by atoms with E-state index in [0.717, 1.165) is 16.1 Å². The largest absolute Gasteiger partial charge is 0.479 e. The van der Waals surface area contributed by atoms with E-state index in [1.807, 2.05) is 5.32 Å². The number of rotatable bonds is 7. The molecule has 184 valence electrons. The zero-order valence-corrected chi connectivity index (χ0v) is 18.4. The van der Waals surface area contributed by atoms with Crippen molar-refractivity contribution in [2.24, 2.45) is 23.5 Å². The van der Waals surface area contributed by atoms with E-state index in [-0.39, 0.29) is 5.49 Å². The molecule has 15 nitrogen and oxygen atoms in total. The molecule has 0 saturated carbocycles. The lowest BCUT2D eigenvalue weighted by Gasteiger charge is -2.36. The molecule has 1 saturated heterocycles.